The molecule has 0 radical (unpaired) electrons. The number of hydrogen-bond donors (Lipinski definition) is 1. The molecule has 4 nitrogen and oxygen atoms in total. The van der Waals surface area contributed by atoms with Gasteiger partial charge in [-0.05, 0) is 26.0 Å². The van der Waals surface area contributed by atoms with Crippen LogP contribution in [-0.2, 0) is 0 Å². The van der Waals surface area contributed by atoms with E-state index in [-0.39, 0.29) is 17.3 Å². The topological polar surface area (TPSA) is 61.0 Å². The molecule has 2 aromatic rings. The third-order valence-electron chi connectivity index (χ3n) is 2.23. The van der Waals surface area contributed by atoms with Crippen molar-refractivity contribution in [1.29, 1.82) is 0 Å². The van der Waals surface area contributed by atoms with E-state index in [9.17, 15) is 4.39 Å². The fraction of sp³-hybridized carbons (Fsp3) is 0.167. The van der Waals surface area contributed by atoms with E-state index in [1.165, 1.54) is 12.1 Å². The highest BCUT2D eigenvalue weighted by Gasteiger charge is 2.11. The van der Waals surface area contributed by atoms with Gasteiger partial charge in [0, 0.05) is 6.20 Å². The van der Waals surface area contributed by atoms with Crippen molar-refractivity contribution < 1.29 is 9.13 Å². The third-order valence-corrected chi connectivity index (χ3v) is 2.23. The molecule has 0 saturated heterocycles. The Hall–Kier alpha value is -2.17. The smallest absolute Gasteiger partial charge is 0.241 e. The average molecular weight is 233 g/mol. The number of nitrogens with zero attached hydrogens (tertiary/aromatic N) is 2. The molecule has 0 saturated carbocycles. The zero-order valence-corrected chi connectivity index (χ0v) is 9.57. The van der Waals surface area contributed by atoms with Crippen LogP contribution in [0.3, 0.4) is 0 Å². The number of hydrogen-bond acceptors (Lipinski definition) is 4. The van der Waals surface area contributed by atoms with Gasteiger partial charge in [-0.25, -0.2) is 9.37 Å². The first kappa shape index (κ1) is 11.3. The van der Waals surface area contributed by atoms with Crippen molar-refractivity contribution in [3.05, 3.63) is 41.6 Å². The van der Waals surface area contributed by atoms with Crippen molar-refractivity contribution in [3.63, 3.8) is 0 Å². The van der Waals surface area contributed by atoms with Gasteiger partial charge in [-0.2, -0.15) is 0 Å². The number of rotatable bonds is 2. The van der Waals surface area contributed by atoms with Crippen LogP contribution in [0.15, 0.2) is 24.4 Å². The Morgan fingerprint density at radius 1 is 1.29 bits per heavy atom. The summed E-state index contributed by atoms with van der Waals surface area (Å²) < 4.78 is 18.9. The number of halogens is 1. The van der Waals surface area contributed by atoms with Gasteiger partial charge in [0.15, 0.2) is 11.6 Å². The predicted octanol–water partition coefficient (Wildman–Crippen LogP) is 2.61. The van der Waals surface area contributed by atoms with Crippen LogP contribution in [-0.4, -0.2) is 9.97 Å². The summed E-state index contributed by atoms with van der Waals surface area (Å²) in [6, 6.07) is 4.37. The molecule has 0 bridgehead atoms. The lowest BCUT2D eigenvalue weighted by Gasteiger charge is -2.10. The van der Waals surface area contributed by atoms with Crippen molar-refractivity contribution in [3.8, 4) is 11.6 Å². The van der Waals surface area contributed by atoms with Crippen LogP contribution in [0, 0.1) is 19.7 Å². The van der Waals surface area contributed by atoms with E-state index in [2.05, 4.69) is 9.97 Å². The van der Waals surface area contributed by atoms with Gasteiger partial charge in [-0.3, -0.25) is 4.98 Å². The highest BCUT2D eigenvalue weighted by atomic mass is 19.1. The van der Waals surface area contributed by atoms with Gasteiger partial charge in [0.05, 0.1) is 17.1 Å². The molecule has 5 heteroatoms. The second kappa shape index (κ2) is 4.37. The second-order valence-electron chi connectivity index (χ2n) is 3.66. The normalized spacial score (nSPS) is 10.3. The number of anilines is 1. The van der Waals surface area contributed by atoms with Gasteiger partial charge >= 0.3 is 0 Å². The summed E-state index contributed by atoms with van der Waals surface area (Å²) in [6.45, 7) is 3.52. The fourth-order valence-corrected chi connectivity index (χ4v) is 1.34. The highest BCUT2D eigenvalue weighted by molar-refractivity contribution is 5.54. The molecule has 1 aromatic heterocycles. The number of aryl methyl sites for hydroxylation is 2. The van der Waals surface area contributed by atoms with E-state index in [0.717, 1.165) is 0 Å². The zero-order valence-electron chi connectivity index (χ0n) is 9.57. The molecule has 0 aliphatic carbocycles. The Balaban J connectivity index is 2.41. The minimum atomic E-state index is -0.521. The van der Waals surface area contributed by atoms with E-state index in [0.29, 0.717) is 11.4 Å². The lowest BCUT2D eigenvalue weighted by Crippen LogP contribution is -2.00. The van der Waals surface area contributed by atoms with Crippen LogP contribution in [0.5, 0.6) is 11.6 Å². The Morgan fingerprint density at radius 3 is 2.76 bits per heavy atom. The molecule has 0 atom stereocenters. The summed E-state index contributed by atoms with van der Waals surface area (Å²) in [5.41, 5.74) is 7.15. The van der Waals surface area contributed by atoms with Crippen LogP contribution >= 0.6 is 0 Å². The maximum Gasteiger partial charge on any atom is 0.241 e. The summed E-state index contributed by atoms with van der Waals surface area (Å²) in [5, 5.41) is 0. The molecule has 0 unspecified atom stereocenters. The Kier molecular flexibility index (Phi) is 2.91. The number of ether oxygens (including phenoxy) is 1. The fourth-order valence-electron chi connectivity index (χ4n) is 1.34. The van der Waals surface area contributed by atoms with Gasteiger partial charge in [-0.15, -0.1) is 0 Å². The molecule has 2 rings (SSSR count). The van der Waals surface area contributed by atoms with Crippen LogP contribution in [0.4, 0.5) is 10.1 Å². The maximum absolute atomic E-state index is 13.5. The van der Waals surface area contributed by atoms with Crippen molar-refractivity contribution >= 4 is 5.69 Å². The van der Waals surface area contributed by atoms with Crippen LogP contribution < -0.4 is 10.5 Å². The molecule has 0 fully saturated rings. The first-order valence-corrected chi connectivity index (χ1v) is 5.10. The second-order valence-corrected chi connectivity index (χ2v) is 3.66. The quantitative estimate of drug-likeness (QED) is 0.810. The molecule has 1 heterocycles. The minimum Gasteiger partial charge on any atom is -0.432 e. The van der Waals surface area contributed by atoms with Crippen molar-refractivity contribution in [2.24, 2.45) is 0 Å². The first-order valence-electron chi connectivity index (χ1n) is 5.10. The highest BCUT2D eigenvalue weighted by Crippen LogP contribution is 2.30. The molecule has 0 spiro atoms. The van der Waals surface area contributed by atoms with Crippen molar-refractivity contribution in [1.82, 2.24) is 9.97 Å². The number of benzene rings is 1. The van der Waals surface area contributed by atoms with Crippen LogP contribution in [0.25, 0.3) is 0 Å². The number of nitrogen functional groups attached to an aromatic ring is 1. The van der Waals surface area contributed by atoms with Gasteiger partial charge in [-0.1, -0.05) is 6.07 Å². The van der Waals surface area contributed by atoms with Gasteiger partial charge < -0.3 is 10.5 Å². The summed E-state index contributed by atoms with van der Waals surface area (Å²) in [7, 11) is 0. The summed E-state index contributed by atoms with van der Waals surface area (Å²) in [6.07, 6.45) is 1.62. The van der Waals surface area contributed by atoms with E-state index in [1.807, 2.05) is 0 Å². The molecular weight excluding hydrogens is 221 g/mol. The summed E-state index contributed by atoms with van der Waals surface area (Å²) in [4.78, 5) is 8.23. The van der Waals surface area contributed by atoms with Gasteiger partial charge in [0.25, 0.3) is 0 Å². The maximum atomic E-state index is 13.5. The van der Waals surface area contributed by atoms with Crippen LogP contribution in [0.1, 0.15) is 11.4 Å². The number of nitrogens with two attached hydrogens (primary N) is 1. The minimum absolute atomic E-state index is 0.0181. The first-order chi connectivity index (χ1) is 8.08. The number of para-hydroxylation sites is 1. The average Bonchev–Trinajstić information content (AvgIpc) is 2.28. The van der Waals surface area contributed by atoms with Crippen molar-refractivity contribution in [2.45, 2.75) is 13.8 Å². The molecule has 0 amide bonds. The largest absolute Gasteiger partial charge is 0.432 e. The van der Waals surface area contributed by atoms with E-state index >= 15 is 0 Å². The van der Waals surface area contributed by atoms with Crippen LogP contribution in [0.2, 0.25) is 0 Å². The SMILES string of the molecule is Cc1cnc(C)c(Oc2c(N)cccc2F)n1. The molecule has 17 heavy (non-hydrogen) atoms. The van der Waals surface area contributed by atoms with Crippen molar-refractivity contribution in [2.75, 3.05) is 5.73 Å². The zero-order chi connectivity index (χ0) is 12.4. The van der Waals surface area contributed by atoms with Gasteiger partial charge in [0.1, 0.15) is 0 Å². The molecular formula is C12H12FN3O. The van der Waals surface area contributed by atoms with E-state index in [4.69, 9.17) is 10.5 Å². The third kappa shape index (κ3) is 2.33. The Morgan fingerprint density at radius 2 is 2.06 bits per heavy atom. The standard InChI is InChI=1S/C12H12FN3O/c1-7-6-15-8(2)12(16-7)17-11-9(13)4-3-5-10(11)14/h3-6H,14H2,1-2H3. The predicted molar refractivity (Wildman–Crippen MR) is 62.4 cm³/mol. The molecule has 88 valence electrons. The van der Waals surface area contributed by atoms with E-state index < -0.39 is 5.82 Å². The molecule has 0 aliphatic rings. The summed E-state index contributed by atoms with van der Waals surface area (Å²) in [5.74, 6) is -0.273. The van der Waals surface area contributed by atoms with Gasteiger partial charge in [0.2, 0.25) is 5.88 Å². The molecule has 0 aliphatic heterocycles. The lowest BCUT2D eigenvalue weighted by molar-refractivity contribution is 0.423. The summed E-state index contributed by atoms with van der Waals surface area (Å²) >= 11 is 0. The van der Waals surface area contributed by atoms with E-state index in [1.54, 1.807) is 26.1 Å². The molecule has 1 aromatic carbocycles. The molecule has 2 N–H and O–H groups in total. The lowest BCUT2D eigenvalue weighted by atomic mass is 10.3. The number of aromatic nitrogens is 2. The Labute approximate surface area is 98.3 Å². The monoisotopic (exact) mass is 233 g/mol. The Bertz CT molecular complexity index is 537.